The Balaban J connectivity index is 1.73. The predicted octanol–water partition coefficient (Wildman–Crippen LogP) is 1.35. The van der Waals surface area contributed by atoms with Gasteiger partial charge in [0.1, 0.15) is 0 Å². The summed E-state index contributed by atoms with van der Waals surface area (Å²) in [4.78, 5) is 13.0. The quantitative estimate of drug-likeness (QED) is 0.744. The van der Waals surface area contributed by atoms with Gasteiger partial charge in [-0.05, 0) is 38.1 Å². The Kier molecular flexibility index (Phi) is 3.50. The first-order chi connectivity index (χ1) is 7.60. The summed E-state index contributed by atoms with van der Waals surface area (Å²) in [5.74, 6) is -0.664. The number of carbonyl (C=O) groups is 1. The van der Waals surface area contributed by atoms with Crippen LogP contribution < -0.4 is 0 Å². The first-order valence-electron chi connectivity index (χ1n) is 6.12. The molecule has 4 heteroatoms. The van der Waals surface area contributed by atoms with Crippen LogP contribution in [0.25, 0.3) is 0 Å². The second-order valence-corrected chi connectivity index (χ2v) is 5.40. The molecule has 0 radical (unpaired) electrons. The van der Waals surface area contributed by atoms with E-state index in [1.54, 1.807) is 0 Å². The highest BCUT2D eigenvalue weighted by Crippen LogP contribution is 2.49. The maximum Gasteiger partial charge on any atom is 0.303 e. The molecule has 1 unspecified atom stereocenters. The lowest BCUT2D eigenvalue weighted by Gasteiger charge is -2.24. The average Bonchev–Trinajstić information content (AvgIpc) is 2.74. The molecule has 1 saturated carbocycles. The Morgan fingerprint density at radius 2 is 2.31 bits per heavy atom. The van der Waals surface area contributed by atoms with E-state index < -0.39 is 5.97 Å². The van der Waals surface area contributed by atoms with Crippen LogP contribution in [0, 0.1) is 5.41 Å². The molecule has 2 rings (SSSR count). The first kappa shape index (κ1) is 11.9. The van der Waals surface area contributed by atoms with Gasteiger partial charge in [-0.3, -0.25) is 4.79 Å². The molecule has 0 aromatic rings. The van der Waals surface area contributed by atoms with Crippen LogP contribution in [-0.2, 0) is 9.53 Å². The van der Waals surface area contributed by atoms with E-state index in [1.165, 1.54) is 6.42 Å². The molecule has 1 saturated heterocycles. The molecule has 1 atom stereocenters. The molecule has 16 heavy (non-hydrogen) atoms. The van der Waals surface area contributed by atoms with Gasteiger partial charge in [0, 0.05) is 19.7 Å². The van der Waals surface area contributed by atoms with E-state index in [0.717, 1.165) is 39.0 Å². The van der Waals surface area contributed by atoms with Crippen molar-refractivity contribution in [2.24, 2.45) is 5.41 Å². The number of nitrogens with zero attached hydrogens (tertiary/aromatic N) is 1. The van der Waals surface area contributed by atoms with Gasteiger partial charge in [0.15, 0.2) is 0 Å². The molecule has 2 aliphatic rings. The predicted molar refractivity (Wildman–Crippen MR) is 60.4 cm³/mol. The van der Waals surface area contributed by atoms with Crippen LogP contribution in [0.3, 0.4) is 0 Å². The Bertz CT molecular complexity index is 257. The Morgan fingerprint density at radius 3 is 2.81 bits per heavy atom. The SMILES string of the molecule is CN(CC1CCCO1)CC1(CC(=O)O)CC1. The van der Waals surface area contributed by atoms with Gasteiger partial charge in [0.05, 0.1) is 12.5 Å². The highest BCUT2D eigenvalue weighted by Gasteiger charge is 2.45. The number of hydrogen-bond donors (Lipinski definition) is 1. The van der Waals surface area contributed by atoms with E-state index >= 15 is 0 Å². The largest absolute Gasteiger partial charge is 0.481 e. The van der Waals surface area contributed by atoms with Gasteiger partial charge in [-0.25, -0.2) is 0 Å². The summed E-state index contributed by atoms with van der Waals surface area (Å²) >= 11 is 0. The molecule has 0 bridgehead atoms. The Morgan fingerprint density at radius 1 is 1.56 bits per heavy atom. The van der Waals surface area contributed by atoms with Gasteiger partial charge in [-0.15, -0.1) is 0 Å². The summed E-state index contributed by atoms with van der Waals surface area (Å²) in [6, 6.07) is 0. The first-order valence-corrected chi connectivity index (χ1v) is 6.12. The summed E-state index contributed by atoms with van der Waals surface area (Å²) in [6.45, 7) is 2.74. The van der Waals surface area contributed by atoms with Crippen molar-refractivity contribution in [3.05, 3.63) is 0 Å². The van der Waals surface area contributed by atoms with Crippen molar-refractivity contribution in [2.75, 3.05) is 26.7 Å². The van der Waals surface area contributed by atoms with Crippen molar-refractivity contribution in [1.29, 1.82) is 0 Å². The lowest BCUT2D eigenvalue weighted by molar-refractivity contribution is -0.138. The zero-order valence-corrected chi connectivity index (χ0v) is 9.95. The number of carboxylic acid groups (broad SMARTS) is 1. The number of hydrogen-bond acceptors (Lipinski definition) is 3. The van der Waals surface area contributed by atoms with Crippen LogP contribution in [0.5, 0.6) is 0 Å². The van der Waals surface area contributed by atoms with Crippen molar-refractivity contribution in [2.45, 2.75) is 38.2 Å². The third-order valence-corrected chi connectivity index (χ3v) is 3.63. The fraction of sp³-hybridized carbons (Fsp3) is 0.917. The maximum absolute atomic E-state index is 10.7. The number of carboxylic acids is 1. The molecule has 1 aliphatic carbocycles. The van der Waals surface area contributed by atoms with Gasteiger partial charge >= 0.3 is 5.97 Å². The normalized spacial score (nSPS) is 27.2. The van der Waals surface area contributed by atoms with E-state index in [2.05, 4.69) is 11.9 Å². The standard InChI is InChI=1S/C12H21NO3/c1-13(8-10-3-2-6-16-10)9-12(4-5-12)7-11(14)15/h10H,2-9H2,1H3,(H,14,15). The maximum atomic E-state index is 10.7. The zero-order valence-electron chi connectivity index (χ0n) is 9.95. The number of likely N-dealkylation sites (N-methyl/N-ethyl adjacent to an activating group) is 1. The second-order valence-electron chi connectivity index (χ2n) is 5.40. The molecular formula is C12H21NO3. The van der Waals surface area contributed by atoms with E-state index in [-0.39, 0.29) is 5.41 Å². The molecule has 92 valence electrons. The number of aliphatic carboxylic acids is 1. The monoisotopic (exact) mass is 227 g/mol. The number of rotatable bonds is 6. The smallest absolute Gasteiger partial charge is 0.303 e. The summed E-state index contributed by atoms with van der Waals surface area (Å²) in [7, 11) is 2.07. The fourth-order valence-corrected chi connectivity index (χ4v) is 2.66. The second kappa shape index (κ2) is 4.72. The average molecular weight is 227 g/mol. The molecule has 1 heterocycles. The molecule has 2 fully saturated rings. The van der Waals surface area contributed by atoms with Gasteiger partial charge in [-0.2, -0.15) is 0 Å². The highest BCUT2D eigenvalue weighted by atomic mass is 16.5. The minimum absolute atomic E-state index is 0.0686. The van der Waals surface area contributed by atoms with Crippen molar-refractivity contribution >= 4 is 5.97 Å². The molecule has 0 amide bonds. The van der Waals surface area contributed by atoms with Gasteiger partial charge in [0.25, 0.3) is 0 Å². The molecule has 0 aromatic heterocycles. The lowest BCUT2D eigenvalue weighted by atomic mass is 10.0. The highest BCUT2D eigenvalue weighted by molar-refractivity contribution is 5.68. The Hall–Kier alpha value is -0.610. The molecule has 4 nitrogen and oxygen atoms in total. The minimum Gasteiger partial charge on any atom is -0.481 e. The minimum atomic E-state index is -0.664. The summed E-state index contributed by atoms with van der Waals surface area (Å²) in [5, 5.41) is 8.84. The van der Waals surface area contributed by atoms with E-state index in [4.69, 9.17) is 9.84 Å². The van der Waals surface area contributed by atoms with Crippen molar-refractivity contribution < 1.29 is 14.6 Å². The number of ether oxygens (including phenoxy) is 1. The van der Waals surface area contributed by atoms with Crippen molar-refractivity contribution in [1.82, 2.24) is 4.90 Å². The molecule has 0 spiro atoms. The van der Waals surface area contributed by atoms with Crippen LogP contribution in [0.2, 0.25) is 0 Å². The van der Waals surface area contributed by atoms with Gasteiger partial charge < -0.3 is 14.7 Å². The molecular weight excluding hydrogens is 206 g/mol. The fourth-order valence-electron chi connectivity index (χ4n) is 2.66. The third-order valence-electron chi connectivity index (χ3n) is 3.63. The van der Waals surface area contributed by atoms with Gasteiger partial charge in [0.2, 0.25) is 0 Å². The molecule has 1 aliphatic heterocycles. The summed E-state index contributed by atoms with van der Waals surface area (Å²) < 4.78 is 5.58. The van der Waals surface area contributed by atoms with Crippen LogP contribution in [-0.4, -0.2) is 48.8 Å². The topological polar surface area (TPSA) is 49.8 Å². The Labute approximate surface area is 96.6 Å². The zero-order chi connectivity index (χ0) is 11.6. The van der Waals surface area contributed by atoms with Crippen LogP contribution >= 0.6 is 0 Å². The molecule has 1 N–H and O–H groups in total. The summed E-state index contributed by atoms with van der Waals surface area (Å²) in [6.07, 6.45) is 5.13. The van der Waals surface area contributed by atoms with Gasteiger partial charge in [-0.1, -0.05) is 0 Å². The summed E-state index contributed by atoms with van der Waals surface area (Å²) in [5.41, 5.74) is 0.0686. The van der Waals surface area contributed by atoms with Crippen molar-refractivity contribution in [3.63, 3.8) is 0 Å². The van der Waals surface area contributed by atoms with Crippen LogP contribution in [0.1, 0.15) is 32.1 Å². The van der Waals surface area contributed by atoms with E-state index in [9.17, 15) is 4.79 Å². The van der Waals surface area contributed by atoms with Crippen molar-refractivity contribution in [3.8, 4) is 0 Å². The third kappa shape index (κ3) is 3.19. The van der Waals surface area contributed by atoms with E-state index in [1.807, 2.05) is 0 Å². The van der Waals surface area contributed by atoms with Crippen LogP contribution in [0.4, 0.5) is 0 Å². The van der Waals surface area contributed by atoms with Crippen LogP contribution in [0.15, 0.2) is 0 Å². The van der Waals surface area contributed by atoms with E-state index in [0.29, 0.717) is 12.5 Å². The molecule has 0 aromatic carbocycles. The lowest BCUT2D eigenvalue weighted by Crippen LogP contribution is -2.34.